The fourth-order valence-corrected chi connectivity index (χ4v) is 1.45. The maximum absolute atomic E-state index is 11.6. The number of nitrogens with one attached hydrogen (secondary N) is 1. The van der Waals surface area contributed by atoms with Crippen LogP contribution >= 0.6 is 0 Å². The van der Waals surface area contributed by atoms with E-state index < -0.39 is 47.6 Å². The van der Waals surface area contributed by atoms with Gasteiger partial charge in [0.15, 0.2) is 0 Å². The van der Waals surface area contributed by atoms with Gasteiger partial charge in [-0.15, -0.1) is 0 Å². The Morgan fingerprint density at radius 1 is 1.43 bits per heavy atom. The Morgan fingerprint density at radius 3 is 2.57 bits per heavy atom. The number of hydrogen-bond donors (Lipinski definition) is 3. The monoisotopic (exact) mass is 300 g/mol. The van der Waals surface area contributed by atoms with Gasteiger partial charge in [0.1, 0.15) is 12.6 Å². The van der Waals surface area contributed by atoms with Crippen LogP contribution in [0.4, 0.5) is 5.82 Å². The zero-order valence-electron chi connectivity index (χ0n) is 10.6. The molecule has 1 atom stereocenters. The molecule has 0 aliphatic rings. The van der Waals surface area contributed by atoms with Crippen molar-refractivity contribution in [2.75, 3.05) is 0 Å². The van der Waals surface area contributed by atoms with Crippen LogP contribution in [0.3, 0.4) is 0 Å². The van der Waals surface area contributed by atoms with Crippen LogP contribution in [0.5, 0.6) is 0 Å². The standard InChI is InChI=1S/C10H12N4O7/c15-8(5-13-4-3-7(12-13)14(20)21)11-6(10(18)19)1-2-9(16)17/h3-4,6H,1-2,5H2,(H,11,15)(H,16,17)(H,18,19). The molecule has 1 unspecified atom stereocenters. The fourth-order valence-electron chi connectivity index (χ4n) is 1.45. The lowest BCUT2D eigenvalue weighted by molar-refractivity contribution is -0.389. The molecule has 1 amide bonds. The molecular formula is C10H12N4O7. The van der Waals surface area contributed by atoms with Crippen molar-refractivity contribution >= 4 is 23.7 Å². The topological polar surface area (TPSA) is 165 Å². The summed E-state index contributed by atoms with van der Waals surface area (Å²) in [7, 11) is 0. The molecule has 11 nitrogen and oxygen atoms in total. The molecule has 11 heteroatoms. The lowest BCUT2D eigenvalue weighted by Crippen LogP contribution is -2.42. The Kier molecular flexibility index (Phi) is 5.34. The molecule has 1 heterocycles. The Balaban J connectivity index is 2.58. The number of hydrogen-bond acceptors (Lipinski definition) is 6. The molecule has 0 radical (unpaired) electrons. The van der Waals surface area contributed by atoms with Crippen molar-refractivity contribution in [3.05, 3.63) is 22.4 Å². The van der Waals surface area contributed by atoms with E-state index >= 15 is 0 Å². The van der Waals surface area contributed by atoms with Crippen LogP contribution in [-0.4, -0.2) is 48.8 Å². The molecule has 0 saturated heterocycles. The van der Waals surface area contributed by atoms with E-state index in [4.69, 9.17) is 10.2 Å². The average Bonchev–Trinajstić information content (AvgIpc) is 2.82. The van der Waals surface area contributed by atoms with E-state index in [1.165, 1.54) is 6.20 Å². The summed E-state index contributed by atoms with van der Waals surface area (Å²) in [5, 5.41) is 33.4. The summed E-state index contributed by atoms with van der Waals surface area (Å²) in [6.07, 6.45) is 0.519. The van der Waals surface area contributed by atoms with Gasteiger partial charge in [0, 0.05) is 6.42 Å². The van der Waals surface area contributed by atoms with Crippen molar-refractivity contribution in [3.63, 3.8) is 0 Å². The van der Waals surface area contributed by atoms with Gasteiger partial charge in [-0.2, -0.15) is 4.68 Å². The number of carboxylic acid groups (broad SMARTS) is 2. The second-order valence-electron chi connectivity index (χ2n) is 4.02. The first kappa shape index (κ1) is 16.1. The van der Waals surface area contributed by atoms with Crippen LogP contribution in [0.1, 0.15) is 12.8 Å². The minimum absolute atomic E-state index is 0.268. The molecular weight excluding hydrogens is 288 g/mol. The quantitative estimate of drug-likeness (QED) is 0.415. The van der Waals surface area contributed by atoms with E-state index in [9.17, 15) is 24.5 Å². The van der Waals surface area contributed by atoms with Gasteiger partial charge in [-0.25, -0.2) is 4.79 Å². The largest absolute Gasteiger partial charge is 0.481 e. The van der Waals surface area contributed by atoms with Crippen molar-refractivity contribution in [1.82, 2.24) is 15.1 Å². The van der Waals surface area contributed by atoms with Gasteiger partial charge in [-0.05, 0) is 11.3 Å². The van der Waals surface area contributed by atoms with Crippen LogP contribution in [0, 0.1) is 10.1 Å². The fraction of sp³-hybridized carbons (Fsp3) is 0.400. The molecule has 0 saturated carbocycles. The van der Waals surface area contributed by atoms with Gasteiger partial charge in [-0.1, -0.05) is 0 Å². The van der Waals surface area contributed by atoms with E-state index in [0.717, 1.165) is 10.7 Å². The van der Waals surface area contributed by atoms with Gasteiger partial charge >= 0.3 is 17.8 Å². The van der Waals surface area contributed by atoms with Gasteiger partial charge in [0.05, 0.1) is 17.4 Å². The summed E-state index contributed by atoms with van der Waals surface area (Å²) in [6, 6.07) is -0.258. The molecule has 114 valence electrons. The summed E-state index contributed by atoms with van der Waals surface area (Å²) in [4.78, 5) is 42.5. The molecule has 3 N–H and O–H groups in total. The highest BCUT2D eigenvalue weighted by Crippen LogP contribution is 2.05. The Bertz CT molecular complexity index is 568. The predicted molar refractivity (Wildman–Crippen MR) is 65.3 cm³/mol. The van der Waals surface area contributed by atoms with E-state index in [2.05, 4.69) is 10.4 Å². The number of aliphatic carboxylic acids is 2. The minimum Gasteiger partial charge on any atom is -0.481 e. The Hall–Kier alpha value is -2.98. The Labute approximate surface area is 117 Å². The smallest absolute Gasteiger partial charge is 0.389 e. The SMILES string of the molecule is O=C(O)CCC(NC(=O)Cn1ccc([N+](=O)[O-])n1)C(=O)O. The van der Waals surface area contributed by atoms with E-state index in [1.54, 1.807) is 0 Å². The van der Waals surface area contributed by atoms with Gasteiger partial charge in [-0.3, -0.25) is 9.59 Å². The van der Waals surface area contributed by atoms with Crippen molar-refractivity contribution < 1.29 is 29.5 Å². The number of nitro groups is 1. The minimum atomic E-state index is -1.36. The lowest BCUT2D eigenvalue weighted by atomic mass is 10.1. The molecule has 21 heavy (non-hydrogen) atoms. The number of rotatable bonds is 8. The maximum Gasteiger partial charge on any atom is 0.389 e. The third kappa shape index (κ3) is 5.26. The van der Waals surface area contributed by atoms with Crippen molar-refractivity contribution in [2.45, 2.75) is 25.4 Å². The van der Waals surface area contributed by atoms with Crippen molar-refractivity contribution in [1.29, 1.82) is 0 Å². The molecule has 0 aliphatic carbocycles. The number of carbonyl (C=O) groups is 3. The summed E-state index contributed by atoms with van der Waals surface area (Å²) in [6.45, 7) is -0.412. The highest BCUT2D eigenvalue weighted by Gasteiger charge is 2.22. The summed E-state index contributed by atoms with van der Waals surface area (Å²) in [5.41, 5.74) is 0. The van der Waals surface area contributed by atoms with E-state index in [0.29, 0.717) is 0 Å². The molecule has 0 aromatic carbocycles. The summed E-state index contributed by atoms with van der Waals surface area (Å²) in [5.74, 6) is -3.73. The van der Waals surface area contributed by atoms with Gasteiger partial charge in [0.2, 0.25) is 5.91 Å². The first-order chi connectivity index (χ1) is 9.79. The molecule has 0 spiro atoms. The third-order valence-corrected chi connectivity index (χ3v) is 2.40. The normalized spacial score (nSPS) is 11.6. The number of aromatic nitrogens is 2. The molecule has 0 fully saturated rings. The predicted octanol–water partition coefficient (Wildman–Crippen LogP) is -0.775. The number of carboxylic acids is 2. The van der Waals surface area contributed by atoms with E-state index in [-0.39, 0.29) is 6.42 Å². The zero-order chi connectivity index (χ0) is 16.0. The van der Waals surface area contributed by atoms with Crippen molar-refractivity contribution in [3.8, 4) is 0 Å². The summed E-state index contributed by atoms with van der Waals surface area (Å²) < 4.78 is 0.976. The summed E-state index contributed by atoms with van der Waals surface area (Å²) >= 11 is 0. The second kappa shape index (κ2) is 6.98. The molecule has 0 aliphatic heterocycles. The average molecular weight is 300 g/mol. The number of nitrogens with zero attached hydrogens (tertiary/aromatic N) is 3. The lowest BCUT2D eigenvalue weighted by Gasteiger charge is -2.12. The van der Waals surface area contributed by atoms with Crippen LogP contribution in [-0.2, 0) is 20.9 Å². The van der Waals surface area contributed by atoms with Gasteiger partial charge in [0.25, 0.3) is 0 Å². The highest BCUT2D eigenvalue weighted by atomic mass is 16.6. The first-order valence-corrected chi connectivity index (χ1v) is 5.71. The van der Waals surface area contributed by atoms with Crippen LogP contribution in [0.25, 0.3) is 0 Å². The zero-order valence-corrected chi connectivity index (χ0v) is 10.6. The van der Waals surface area contributed by atoms with E-state index in [1.807, 2.05) is 0 Å². The maximum atomic E-state index is 11.6. The molecule has 1 aromatic rings. The third-order valence-electron chi connectivity index (χ3n) is 2.40. The molecule has 0 bridgehead atoms. The van der Waals surface area contributed by atoms with Crippen LogP contribution in [0.15, 0.2) is 12.3 Å². The highest BCUT2D eigenvalue weighted by molar-refractivity contribution is 5.83. The van der Waals surface area contributed by atoms with Crippen LogP contribution in [0.2, 0.25) is 0 Å². The van der Waals surface area contributed by atoms with Crippen molar-refractivity contribution in [2.24, 2.45) is 0 Å². The van der Waals surface area contributed by atoms with Crippen LogP contribution < -0.4 is 5.32 Å². The first-order valence-electron chi connectivity index (χ1n) is 5.71. The molecule has 1 rings (SSSR count). The Morgan fingerprint density at radius 2 is 2.10 bits per heavy atom. The second-order valence-corrected chi connectivity index (χ2v) is 4.02. The number of amides is 1. The van der Waals surface area contributed by atoms with Gasteiger partial charge < -0.3 is 25.6 Å². The number of carbonyl (C=O) groups excluding carboxylic acids is 1. The molecule has 1 aromatic heterocycles.